The Balaban J connectivity index is 1.89. The van der Waals surface area contributed by atoms with Crippen molar-refractivity contribution in [1.82, 2.24) is 5.32 Å². The van der Waals surface area contributed by atoms with Crippen LogP contribution in [0.1, 0.15) is 32.1 Å². The largest absolute Gasteiger partial charge is 0.357 e. The Hall–Kier alpha value is -2.65. The van der Waals surface area contributed by atoms with Gasteiger partial charge in [-0.25, -0.2) is 0 Å². The van der Waals surface area contributed by atoms with Crippen LogP contribution in [0.2, 0.25) is 0 Å². The van der Waals surface area contributed by atoms with Gasteiger partial charge in [-0.2, -0.15) is 0 Å². The van der Waals surface area contributed by atoms with Gasteiger partial charge in [0, 0.05) is 6.04 Å². The zero-order valence-electron chi connectivity index (χ0n) is 16.2. The van der Waals surface area contributed by atoms with Crippen molar-refractivity contribution in [1.29, 1.82) is 0 Å². The first kappa shape index (κ1) is 18.7. The predicted octanol–water partition coefficient (Wildman–Crippen LogP) is 3.78. The average Bonchev–Trinajstić information content (AvgIpc) is 2.77. The smallest absolute Gasteiger partial charge is 0.251 e. The van der Waals surface area contributed by atoms with Gasteiger partial charge in [-0.15, -0.1) is 0 Å². The number of nitrogens with one attached hydrogen (secondary N) is 1. The molecule has 1 saturated carbocycles. The monoisotopic (exact) mass is 385 g/mol. The summed E-state index contributed by atoms with van der Waals surface area (Å²) in [7, 11) is -2.86. The normalized spacial score (nSPS) is 15.1. The number of carbonyl (C=O) groups excluding carboxylic acids is 1. The molecule has 142 valence electrons. The Morgan fingerprint density at radius 1 is 0.643 bits per heavy atom. The van der Waals surface area contributed by atoms with E-state index < -0.39 is 8.07 Å². The summed E-state index contributed by atoms with van der Waals surface area (Å²) in [6, 6.07) is 31.5. The second-order valence-corrected chi connectivity index (χ2v) is 11.3. The minimum absolute atomic E-state index is 0.211. The fraction of sp³-hybridized carbons (Fsp3) is 0.240. The van der Waals surface area contributed by atoms with E-state index in [4.69, 9.17) is 0 Å². The van der Waals surface area contributed by atoms with E-state index in [0.29, 0.717) is 6.04 Å². The molecule has 3 heteroatoms. The Kier molecular flexibility index (Phi) is 5.72. The van der Waals surface area contributed by atoms with Crippen LogP contribution in [-0.2, 0) is 0 Å². The van der Waals surface area contributed by atoms with Crippen molar-refractivity contribution in [3.05, 3.63) is 91.0 Å². The van der Waals surface area contributed by atoms with Crippen molar-refractivity contribution in [2.75, 3.05) is 0 Å². The number of hydrogen-bond acceptors (Lipinski definition) is 1. The molecule has 0 aliphatic heterocycles. The van der Waals surface area contributed by atoms with Crippen LogP contribution >= 0.6 is 0 Å². The summed E-state index contributed by atoms with van der Waals surface area (Å²) < 4.78 is 0. The van der Waals surface area contributed by atoms with Crippen LogP contribution in [0.4, 0.5) is 4.79 Å². The standard InChI is InChI=1S/C25H27NOSi/c27-25(26-21-13-5-1-6-14-21)28(22-15-7-2-8-16-22,23-17-9-3-10-18-23)24-19-11-4-12-20-24/h2-4,7-12,15-21H,1,5-6,13-14H2,(H,26,27). The summed E-state index contributed by atoms with van der Waals surface area (Å²) in [4.78, 5) is 14.1. The summed E-state index contributed by atoms with van der Waals surface area (Å²) in [6.07, 6.45) is 5.89. The zero-order chi connectivity index (χ0) is 19.2. The number of hydrogen-bond donors (Lipinski definition) is 1. The van der Waals surface area contributed by atoms with Gasteiger partial charge < -0.3 is 5.32 Å². The third kappa shape index (κ3) is 3.55. The second kappa shape index (κ2) is 8.57. The fourth-order valence-electron chi connectivity index (χ4n) is 4.50. The third-order valence-corrected chi connectivity index (χ3v) is 10.3. The lowest BCUT2D eigenvalue weighted by Gasteiger charge is -2.34. The van der Waals surface area contributed by atoms with Crippen molar-refractivity contribution in [2.45, 2.75) is 38.1 Å². The topological polar surface area (TPSA) is 29.1 Å². The lowest BCUT2D eigenvalue weighted by atomic mass is 9.96. The van der Waals surface area contributed by atoms with E-state index in [-0.39, 0.29) is 5.53 Å². The summed E-state index contributed by atoms with van der Waals surface area (Å²) in [5.41, 5.74) is 0.211. The lowest BCUT2D eigenvalue weighted by Crippen LogP contribution is -2.75. The van der Waals surface area contributed by atoms with Crippen LogP contribution in [0.25, 0.3) is 0 Å². The zero-order valence-corrected chi connectivity index (χ0v) is 17.2. The quantitative estimate of drug-likeness (QED) is 0.526. The second-order valence-electron chi connectivity index (χ2n) is 7.66. The molecule has 0 unspecified atom stereocenters. The van der Waals surface area contributed by atoms with Crippen molar-refractivity contribution >= 4 is 29.2 Å². The summed E-state index contributed by atoms with van der Waals surface area (Å²) in [5.74, 6) is 0. The van der Waals surface area contributed by atoms with E-state index in [0.717, 1.165) is 28.4 Å². The van der Waals surface area contributed by atoms with Crippen molar-refractivity contribution in [3.8, 4) is 0 Å². The Morgan fingerprint density at radius 3 is 1.43 bits per heavy atom. The van der Waals surface area contributed by atoms with Crippen LogP contribution in [-0.4, -0.2) is 19.6 Å². The van der Waals surface area contributed by atoms with E-state index >= 15 is 0 Å². The summed E-state index contributed by atoms with van der Waals surface area (Å²) >= 11 is 0. The van der Waals surface area contributed by atoms with Crippen molar-refractivity contribution in [3.63, 3.8) is 0 Å². The van der Waals surface area contributed by atoms with Crippen LogP contribution < -0.4 is 20.9 Å². The molecular weight excluding hydrogens is 358 g/mol. The highest BCUT2D eigenvalue weighted by atomic mass is 28.3. The molecule has 28 heavy (non-hydrogen) atoms. The Labute approximate surface area is 168 Å². The van der Waals surface area contributed by atoms with Gasteiger partial charge in [0.05, 0.1) is 0 Å². The fourth-order valence-corrected chi connectivity index (χ4v) is 8.78. The molecule has 1 aliphatic carbocycles. The molecule has 0 bridgehead atoms. The molecule has 2 nitrogen and oxygen atoms in total. The molecule has 3 aromatic carbocycles. The molecule has 4 rings (SSSR count). The van der Waals surface area contributed by atoms with E-state index in [1.807, 2.05) is 18.2 Å². The molecule has 0 heterocycles. The van der Waals surface area contributed by atoms with Crippen molar-refractivity contribution in [2.24, 2.45) is 0 Å². The molecule has 0 saturated heterocycles. The molecule has 0 radical (unpaired) electrons. The molecule has 1 N–H and O–H groups in total. The average molecular weight is 386 g/mol. The maximum Gasteiger partial charge on any atom is 0.251 e. The van der Waals surface area contributed by atoms with E-state index in [1.165, 1.54) is 19.3 Å². The van der Waals surface area contributed by atoms with E-state index in [1.54, 1.807) is 0 Å². The molecule has 0 spiro atoms. The van der Waals surface area contributed by atoms with Gasteiger partial charge in [0.1, 0.15) is 0 Å². The maximum atomic E-state index is 14.1. The summed E-state index contributed by atoms with van der Waals surface area (Å²) in [5, 5.41) is 6.90. The molecule has 1 fully saturated rings. The molecule has 1 aliphatic rings. The SMILES string of the molecule is O=C(NC1CCCCC1)[Si](c1ccccc1)(c1ccccc1)c1ccccc1. The first-order chi connectivity index (χ1) is 13.8. The van der Waals surface area contributed by atoms with Crippen LogP contribution in [0.15, 0.2) is 91.0 Å². The van der Waals surface area contributed by atoms with Gasteiger partial charge in [-0.05, 0) is 28.4 Å². The Bertz CT molecular complexity index is 793. The molecule has 1 amide bonds. The maximum absolute atomic E-state index is 14.1. The minimum atomic E-state index is -2.86. The van der Waals surface area contributed by atoms with Gasteiger partial charge in [-0.3, -0.25) is 4.79 Å². The van der Waals surface area contributed by atoms with E-state index in [9.17, 15) is 4.79 Å². The minimum Gasteiger partial charge on any atom is -0.357 e. The molecular formula is C25H27NOSi. The third-order valence-electron chi connectivity index (χ3n) is 5.90. The van der Waals surface area contributed by atoms with Crippen LogP contribution in [0, 0.1) is 0 Å². The van der Waals surface area contributed by atoms with Gasteiger partial charge in [0.25, 0.3) is 8.07 Å². The first-order valence-corrected chi connectivity index (χ1v) is 12.3. The summed E-state index contributed by atoms with van der Waals surface area (Å²) in [6.45, 7) is 0. The van der Waals surface area contributed by atoms with Crippen LogP contribution in [0.5, 0.6) is 0 Å². The molecule has 3 aromatic rings. The highest BCUT2D eigenvalue weighted by Gasteiger charge is 2.47. The Morgan fingerprint density at radius 2 is 1.04 bits per heavy atom. The molecule has 0 aromatic heterocycles. The molecule has 0 atom stereocenters. The number of benzene rings is 3. The van der Waals surface area contributed by atoms with Crippen molar-refractivity contribution < 1.29 is 4.79 Å². The van der Waals surface area contributed by atoms with E-state index in [2.05, 4.69) is 78.1 Å². The van der Waals surface area contributed by atoms with Gasteiger partial charge >= 0.3 is 0 Å². The number of carbonyl (C=O) groups is 1. The lowest BCUT2D eigenvalue weighted by molar-refractivity contribution is 0.251. The van der Waals surface area contributed by atoms with Gasteiger partial charge in [0.15, 0.2) is 0 Å². The highest BCUT2D eigenvalue weighted by molar-refractivity contribution is 7.29. The predicted molar refractivity (Wildman–Crippen MR) is 119 cm³/mol. The first-order valence-electron chi connectivity index (χ1n) is 10.3. The van der Waals surface area contributed by atoms with Gasteiger partial charge in [0.2, 0.25) is 5.53 Å². The number of rotatable bonds is 5. The van der Waals surface area contributed by atoms with Crippen LogP contribution in [0.3, 0.4) is 0 Å². The highest BCUT2D eigenvalue weighted by Crippen LogP contribution is 2.19. The number of amides is 1. The van der Waals surface area contributed by atoms with Gasteiger partial charge in [-0.1, -0.05) is 110 Å².